The van der Waals surface area contributed by atoms with Crippen molar-refractivity contribution in [2.24, 2.45) is 11.7 Å². The Labute approximate surface area is 103 Å². The number of carboxylic acid groups (broad SMARTS) is 1. The lowest BCUT2D eigenvalue weighted by atomic mass is 10.1. The quantitative estimate of drug-likeness (QED) is 0.675. The number of rotatable bonds is 3. The third-order valence-corrected chi connectivity index (χ3v) is 3.01. The van der Waals surface area contributed by atoms with Gasteiger partial charge in [-0.3, -0.25) is 4.79 Å². The summed E-state index contributed by atoms with van der Waals surface area (Å²) in [6.45, 7) is 0.956. The molecule has 2 heterocycles. The molecule has 0 aliphatic carbocycles. The standard InChI is InChI=1S/C11H14N4O3/c12-7-3-8(11(17)18)10(14-4-7)15-2-1-6(5-15)9(13)16/h3-4,6H,1-2,5,12H2,(H2,13,16)(H,17,18). The number of amides is 1. The number of carboxylic acids is 1. The maximum absolute atomic E-state index is 11.1. The van der Waals surface area contributed by atoms with Gasteiger partial charge in [0.15, 0.2) is 0 Å². The minimum atomic E-state index is -1.09. The molecule has 96 valence electrons. The summed E-state index contributed by atoms with van der Waals surface area (Å²) in [6.07, 6.45) is 2.01. The van der Waals surface area contributed by atoms with Gasteiger partial charge in [-0.15, -0.1) is 0 Å². The van der Waals surface area contributed by atoms with Gasteiger partial charge in [0.25, 0.3) is 0 Å². The molecule has 0 aromatic carbocycles. The number of nitrogens with zero attached hydrogens (tertiary/aromatic N) is 2. The highest BCUT2D eigenvalue weighted by molar-refractivity contribution is 5.94. The van der Waals surface area contributed by atoms with Crippen LogP contribution >= 0.6 is 0 Å². The molecule has 2 rings (SSSR count). The number of nitrogens with two attached hydrogens (primary N) is 2. The van der Waals surface area contributed by atoms with E-state index in [4.69, 9.17) is 16.6 Å². The number of primary amides is 1. The smallest absolute Gasteiger partial charge is 0.339 e. The molecule has 1 saturated heterocycles. The monoisotopic (exact) mass is 250 g/mol. The number of aromatic nitrogens is 1. The van der Waals surface area contributed by atoms with Crippen LogP contribution in [-0.2, 0) is 4.79 Å². The van der Waals surface area contributed by atoms with Crippen LogP contribution in [0.25, 0.3) is 0 Å². The summed E-state index contributed by atoms with van der Waals surface area (Å²) in [5, 5.41) is 9.11. The Bertz CT molecular complexity index is 503. The number of carbonyl (C=O) groups excluding carboxylic acids is 1. The highest BCUT2D eigenvalue weighted by Gasteiger charge is 2.29. The highest BCUT2D eigenvalue weighted by atomic mass is 16.4. The first kappa shape index (κ1) is 12.2. The molecule has 1 aromatic rings. The van der Waals surface area contributed by atoms with Gasteiger partial charge in [-0.05, 0) is 12.5 Å². The molecule has 1 atom stereocenters. The molecule has 1 aromatic heterocycles. The number of pyridine rings is 1. The van der Waals surface area contributed by atoms with Crippen LogP contribution in [-0.4, -0.2) is 35.1 Å². The van der Waals surface area contributed by atoms with Crippen molar-refractivity contribution in [1.82, 2.24) is 4.98 Å². The normalized spacial score (nSPS) is 18.9. The molecular formula is C11H14N4O3. The van der Waals surface area contributed by atoms with E-state index in [0.29, 0.717) is 31.0 Å². The maximum Gasteiger partial charge on any atom is 0.339 e. The van der Waals surface area contributed by atoms with E-state index in [-0.39, 0.29) is 17.4 Å². The fourth-order valence-electron chi connectivity index (χ4n) is 2.07. The Morgan fingerprint density at radius 3 is 2.78 bits per heavy atom. The minimum Gasteiger partial charge on any atom is -0.478 e. The number of hydrogen-bond donors (Lipinski definition) is 3. The second-order valence-corrected chi connectivity index (χ2v) is 4.28. The largest absolute Gasteiger partial charge is 0.478 e. The van der Waals surface area contributed by atoms with Crippen molar-refractivity contribution < 1.29 is 14.7 Å². The van der Waals surface area contributed by atoms with Gasteiger partial charge in [-0.25, -0.2) is 9.78 Å². The van der Waals surface area contributed by atoms with Crippen molar-refractivity contribution in [3.8, 4) is 0 Å². The van der Waals surface area contributed by atoms with Crippen molar-refractivity contribution >= 4 is 23.4 Å². The van der Waals surface area contributed by atoms with Gasteiger partial charge in [0.05, 0.1) is 17.8 Å². The van der Waals surface area contributed by atoms with Gasteiger partial charge in [-0.1, -0.05) is 0 Å². The SMILES string of the molecule is NC(=O)C1CCN(c2ncc(N)cc2C(=O)O)C1. The van der Waals surface area contributed by atoms with E-state index < -0.39 is 5.97 Å². The maximum atomic E-state index is 11.1. The Balaban J connectivity index is 2.29. The topological polar surface area (TPSA) is 123 Å². The Morgan fingerprint density at radius 2 is 2.22 bits per heavy atom. The van der Waals surface area contributed by atoms with Crippen LogP contribution < -0.4 is 16.4 Å². The van der Waals surface area contributed by atoms with Gasteiger partial charge in [0, 0.05) is 13.1 Å². The van der Waals surface area contributed by atoms with E-state index in [0.717, 1.165) is 0 Å². The number of anilines is 2. The molecule has 0 spiro atoms. The molecule has 0 radical (unpaired) electrons. The second-order valence-electron chi connectivity index (χ2n) is 4.28. The van der Waals surface area contributed by atoms with Crippen LogP contribution in [0.3, 0.4) is 0 Å². The molecule has 0 saturated carbocycles. The highest BCUT2D eigenvalue weighted by Crippen LogP contribution is 2.26. The Hall–Kier alpha value is -2.31. The third kappa shape index (κ3) is 2.20. The molecule has 5 N–H and O–H groups in total. The zero-order valence-corrected chi connectivity index (χ0v) is 9.67. The minimum absolute atomic E-state index is 0.0418. The third-order valence-electron chi connectivity index (χ3n) is 3.01. The van der Waals surface area contributed by atoms with Crippen LogP contribution in [0, 0.1) is 5.92 Å². The predicted octanol–water partition coefficient (Wildman–Crippen LogP) is -0.326. The van der Waals surface area contributed by atoms with E-state index in [1.165, 1.54) is 12.3 Å². The fourth-order valence-corrected chi connectivity index (χ4v) is 2.07. The summed E-state index contributed by atoms with van der Waals surface area (Å²) in [5.74, 6) is -1.39. The van der Waals surface area contributed by atoms with E-state index in [9.17, 15) is 9.59 Å². The summed E-state index contributed by atoms with van der Waals surface area (Å²) in [7, 11) is 0. The molecular weight excluding hydrogens is 236 g/mol. The molecule has 1 unspecified atom stereocenters. The Morgan fingerprint density at radius 1 is 1.50 bits per heavy atom. The van der Waals surface area contributed by atoms with Gasteiger partial charge in [0.1, 0.15) is 11.4 Å². The first-order valence-corrected chi connectivity index (χ1v) is 5.52. The van der Waals surface area contributed by atoms with Crippen LogP contribution in [0.15, 0.2) is 12.3 Å². The summed E-state index contributed by atoms with van der Waals surface area (Å²) in [5.41, 5.74) is 11.1. The molecule has 1 amide bonds. The fraction of sp³-hybridized carbons (Fsp3) is 0.364. The predicted molar refractivity (Wildman–Crippen MR) is 65.1 cm³/mol. The summed E-state index contributed by atoms with van der Waals surface area (Å²) in [4.78, 5) is 28.0. The van der Waals surface area contributed by atoms with Crippen LogP contribution in [0.5, 0.6) is 0 Å². The number of nitrogen functional groups attached to an aromatic ring is 1. The summed E-state index contributed by atoms with van der Waals surface area (Å²) in [6, 6.07) is 1.36. The second kappa shape index (κ2) is 4.52. The van der Waals surface area contributed by atoms with Crippen molar-refractivity contribution in [3.63, 3.8) is 0 Å². The van der Waals surface area contributed by atoms with E-state index in [2.05, 4.69) is 4.98 Å². The molecule has 7 heteroatoms. The van der Waals surface area contributed by atoms with Crippen LogP contribution in [0.4, 0.5) is 11.5 Å². The van der Waals surface area contributed by atoms with Crippen molar-refractivity contribution in [1.29, 1.82) is 0 Å². The number of carbonyl (C=O) groups is 2. The lowest BCUT2D eigenvalue weighted by molar-refractivity contribution is -0.121. The van der Waals surface area contributed by atoms with Crippen molar-refractivity contribution in [2.45, 2.75) is 6.42 Å². The average molecular weight is 250 g/mol. The lowest BCUT2D eigenvalue weighted by Gasteiger charge is -2.19. The van der Waals surface area contributed by atoms with Crippen molar-refractivity contribution in [2.75, 3.05) is 23.7 Å². The van der Waals surface area contributed by atoms with E-state index >= 15 is 0 Å². The zero-order chi connectivity index (χ0) is 13.3. The molecule has 7 nitrogen and oxygen atoms in total. The Kier molecular flexibility index (Phi) is 3.05. The average Bonchev–Trinajstić information content (AvgIpc) is 2.78. The number of hydrogen-bond acceptors (Lipinski definition) is 5. The van der Waals surface area contributed by atoms with E-state index in [1.807, 2.05) is 0 Å². The van der Waals surface area contributed by atoms with Crippen LogP contribution in [0.1, 0.15) is 16.8 Å². The van der Waals surface area contributed by atoms with Crippen molar-refractivity contribution in [3.05, 3.63) is 17.8 Å². The van der Waals surface area contributed by atoms with Gasteiger partial charge in [-0.2, -0.15) is 0 Å². The molecule has 1 fully saturated rings. The first-order chi connectivity index (χ1) is 8.49. The lowest BCUT2D eigenvalue weighted by Crippen LogP contribution is -2.28. The molecule has 1 aliphatic rings. The number of aromatic carboxylic acids is 1. The van der Waals surface area contributed by atoms with Gasteiger partial charge in [0.2, 0.25) is 5.91 Å². The summed E-state index contributed by atoms with van der Waals surface area (Å²) >= 11 is 0. The molecule has 0 bridgehead atoms. The summed E-state index contributed by atoms with van der Waals surface area (Å²) < 4.78 is 0. The van der Waals surface area contributed by atoms with Gasteiger partial charge >= 0.3 is 5.97 Å². The van der Waals surface area contributed by atoms with Gasteiger partial charge < -0.3 is 21.5 Å². The zero-order valence-electron chi connectivity index (χ0n) is 9.67. The van der Waals surface area contributed by atoms with Crippen LogP contribution in [0.2, 0.25) is 0 Å². The molecule has 1 aliphatic heterocycles. The molecule has 18 heavy (non-hydrogen) atoms. The first-order valence-electron chi connectivity index (χ1n) is 5.52. The van der Waals surface area contributed by atoms with E-state index in [1.54, 1.807) is 4.90 Å².